The van der Waals surface area contributed by atoms with Gasteiger partial charge in [0.15, 0.2) is 0 Å². The molecule has 1 atom stereocenters. The zero-order valence-electron chi connectivity index (χ0n) is 17.0. The van der Waals surface area contributed by atoms with E-state index in [1.54, 1.807) is 20.1 Å². The Bertz CT molecular complexity index is 1190. The van der Waals surface area contributed by atoms with Crippen LogP contribution in [0.4, 0.5) is 4.39 Å². The highest BCUT2D eigenvalue weighted by molar-refractivity contribution is 7.10. The van der Waals surface area contributed by atoms with Crippen LogP contribution in [0.2, 0.25) is 0 Å². The van der Waals surface area contributed by atoms with Crippen LogP contribution in [0.3, 0.4) is 0 Å². The minimum absolute atomic E-state index is 0.00615. The Labute approximate surface area is 183 Å². The number of aliphatic hydroxyl groups is 1. The number of hydrogen-bond acceptors (Lipinski definition) is 5. The van der Waals surface area contributed by atoms with Crippen molar-refractivity contribution in [1.82, 2.24) is 4.90 Å². The summed E-state index contributed by atoms with van der Waals surface area (Å²) in [5, 5.41) is 12.9. The summed E-state index contributed by atoms with van der Waals surface area (Å²) in [4.78, 5) is 28.2. The topological polar surface area (TPSA) is 66.8 Å². The maximum Gasteiger partial charge on any atom is 0.295 e. The number of rotatable bonds is 5. The predicted octanol–water partition coefficient (Wildman–Crippen LogP) is 4.83. The molecule has 1 fully saturated rings. The number of halogens is 1. The summed E-state index contributed by atoms with van der Waals surface area (Å²) in [6.45, 7) is 1.71. The Morgan fingerprint density at radius 3 is 2.61 bits per heavy atom. The number of nitrogens with zero attached hydrogens (tertiary/aromatic N) is 1. The Morgan fingerprint density at radius 2 is 1.94 bits per heavy atom. The molecule has 1 amide bonds. The highest BCUT2D eigenvalue weighted by Gasteiger charge is 2.46. The second-order valence-corrected chi connectivity index (χ2v) is 8.20. The smallest absolute Gasteiger partial charge is 0.295 e. The second-order valence-electron chi connectivity index (χ2n) is 7.22. The van der Waals surface area contributed by atoms with E-state index >= 15 is 0 Å². The molecular formula is C24H20FNO4S. The van der Waals surface area contributed by atoms with Crippen molar-refractivity contribution >= 4 is 28.8 Å². The lowest BCUT2D eigenvalue weighted by Crippen LogP contribution is -2.29. The molecule has 1 saturated heterocycles. The number of carbonyl (C=O) groups is 2. The molecule has 7 heteroatoms. The number of Topliss-reactive ketones (excluding diaryl/α,β-unsaturated/α-hetero) is 1. The van der Waals surface area contributed by atoms with E-state index < -0.39 is 23.5 Å². The fourth-order valence-corrected chi connectivity index (χ4v) is 4.60. The number of ketones is 1. The van der Waals surface area contributed by atoms with Crippen molar-refractivity contribution in [3.8, 4) is 5.75 Å². The molecule has 1 aliphatic heterocycles. The minimum atomic E-state index is -0.771. The number of methoxy groups -OCH3 is 1. The Morgan fingerprint density at radius 1 is 1.16 bits per heavy atom. The van der Waals surface area contributed by atoms with Gasteiger partial charge in [0.25, 0.3) is 11.7 Å². The molecule has 1 N–H and O–H groups in total. The third-order valence-electron chi connectivity index (χ3n) is 5.32. The maximum absolute atomic E-state index is 13.7. The standard InChI is InChI=1S/C24H20FNO4S/c1-14-12-15(9-10-17(14)25)22(27)20-21(19-8-5-11-31-19)26(24(29)23(20)28)13-16-6-3-4-7-18(16)30-2/h3-12,21,27H,13H2,1-2H3/b22-20-. The van der Waals surface area contributed by atoms with Crippen LogP contribution >= 0.6 is 11.3 Å². The van der Waals surface area contributed by atoms with Gasteiger partial charge in [-0.3, -0.25) is 9.59 Å². The fourth-order valence-electron chi connectivity index (χ4n) is 3.75. The first-order valence-electron chi connectivity index (χ1n) is 9.62. The largest absolute Gasteiger partial charge is 0.507 e. The van der Waals surface area contributed by atoms with Gasteiger partial charge in [-0.1, -0.05) is 24.3 Å². The van der Waals surface area contributed by atoms with Gasteiger partial charge in [-0.2, -0.15) is 0 Å². The lowest BCUT2D eigenvalue weighted by atomic mass is 9.98. The second kappa shape index (κ2) is 8.35. The summed E-state index contributed by atoms with van der Waals surface area (Å²) in [5.41, 5.74) is 1.36. The van der Waals surface area contributed by atoms with Crippen LogP contribution in [0.1, 0.15) is 27.6 Å². The third kappa shape index (κ3) is 3.72. The number of amides is 1. The number of likely N-dealkylation sites (tertiary alicyclic amines) is 1. The number of ether oxygens (including phenoxy) is 1. The molecule has 0 radical (unpaired) electrons. The zero-order valence-corrected chi connectivity index (χ0v) is 17.8. The molecule has 1 unspecified atom stereocenters. The molecule has 5 nitrogen and oxygen atoms in total. The fraction of sp³-hybridized carbons (Fsp3) is 0.167. The summed E-state index contributed by atoms with van der Waals surface area (Å²) in [7, 11) is 1.54. The summed E-state index contributed by atoms with van der Waals surface area (Å²) in [6.07, 6.45) is 0. The summed E-state index contributed by atoms with van der Waals surface area (Å²) in [5.74, 6) is -1.61. The van der Waals surface area contributed by atoms with E-state index in [0.717, 1.165) is 10.4 Å². The third-order valence-corrected chi connectivity index (χ3v) is 6.24. The Kier molecular flexibility index (Phi) is 5.61. The molecule has 0 saturated carbocycles. The molecule has 0 bridgehead atoms. The van der Waals surface area contributed by atoms with Crippen LogP contribution in [0.15, 0.2) is 65.6 Å². The van der Waals surface area contributed by atoms with Gasteiger partial charge >= 0.3 is 0 Å². The number of carbonyl (C=O) groups excluding carboxylic acids is 2. The molecule has 31 heavy (non-hydrogen) atoms. The summed E-state index contributed by atoms with van der Waals surface area (Å²) < 4.78 is 19.1. The first-order valence-corrected chi connectivity index (χ1v) is 10.5. The minimum Gasteiger partial charge on any atom is -0.507 e. The number of benzene rings is 2. The summed E-state index contributed by atoms with van der Waals surface area (Å²) in [6, 6.07) is 14.2. The van der Waals surface area contributed by atoms with Crippen LogP contribution in [0.25, 0.3) is 5.76 Å². The van der Waals surface area contributed by atoms with Crippen molar-refractivity contribution in [2.75, 3.05) is 7.11 Å². The first kappa shape index (κ1) is 20.8. The van der Waals surface area contributed by atoms with Gasteiger partial charge in [-0.25, -0.2) is 4.39 Å². The predicted molar refractivity (Wildman–Crippen MR) is 116 cm³/mol. The van der Waals surface area contributed by atoms with Crippen LogP contribution < -0.4 is 4.74 Å². The number of aliphatic hydroxyl groups excluding tert-OH is 1. The average molecular weight is 437 g/mol. The molecule has 4 rings (SSSR count). The van der Waals surface area contributed by atoms with Crippen molar-refractivity contribution < 1.29 is 23.8 Å². The van der Waals surface area contributed by atoms with Gasteiger partial charge in [0.1, 0.15) is 17.3 Å². The normalized spacial score (nSPS) is 17.9. The van der Waals surface area contributed by atoms with E-state index in [1.807, 2.05) is 35.7 Å². The quantitative estimate of drug-likeness (QED) is 0.353. The molecule has 0 spiro atoms. The molecule has 3 aromatic rings. The van der Waals surface area contributed by atoms with Gasteiger partial charge in [-0.15, -0.1) is 11.3 Å². The summed E-state index contributed by atoms with van der Waals surface area (Å²) >= 11 is 1.39. The molecule has 2 heterocycles. The number of aryl methyl sites for hydroxylation is 1. The van der Waals surface area contributed by atoms with Crippen LogP contribution in [0, 0.1) is 12.7 Å². The SMILES string of the molecule is COc1ccccc1CN1C(=O)C(=O)/C(=C(\O)c2ccc(F)c(C)c2)C1c1cccs1. The number of para-hydroxylation sites is 1. The lowest BCUT2D eigenvalue weighted by Gasteiger charge is -2.25. The van der Waals surface area contributed by atoms with E-state index in [0.29, 0.717) is 11.3 Å². The average Bonchev–Trinajstić information content (AvgIpc) is 3.38. The van der Waals surface area contributed by atoms with E-state index in [4.69, 9.17) is 4.74 Å². The lowest BCUT2D eigenvalue weighted by molar-refractivity contribution is -0.140. The molecule has 1 aliphatic rings. The van der Waals surface area contributed by atoms with E-state index in [1.165, 1.54) is 34.4 Å². The molecule has 0 aliphatic carbocycles. The van der Waals surface area contributed by atoms with E-state index in [-0.39, 0.29) is 23.4 Å². The van der Waals surface area contributed by atoms with Crippen molar-refractivity contribution in [2.45, 2.75) is 19.5 Å². The highest BCUT2D eigenvalue weighted by Crippen LogP contribution is 2.42. The van der Waals surface area contributed by atoms with Crippen molar-refractivity contribution in [1.29, 1.82) is 0 Å². The van der Waals surface area contributed by atoms with Crippen molar-refractivity contribution in [2.24, 2.45) is 0 Å². The Balaban J connectivity index is 1.84. The monoisotopic (exact) mass is 437 g/mol. The van der Waals surface area contributed by atoms with Gasteiger partial charge in [-0.05, 0) is 48.2 Å². The van der Waals surface area contributed by atoms with E-state index in [2.05, 4.69) is 0 Å². The first-order chi connectivity index (χ1) is 14.9. The Hall–Kier alpha value is -3.45. The van der Waals surface area contributed by atoms with Crippen LogP contribution in [0.5, 0.6) is 5.75 Å². The van der Waals surface area contributed by atoms with Crippen LogP contribution in [-0.4, -0.2) is 28.8 Å². The maximum atomic E-state index is 13.7. The van der Waals surface area contributed by atoms with E-state index in [9.17, 15) is 19.1 Å². The van der Waals surface area contributed by atoms with Gasteiger partial charge in [0.2, 0.25) is 0 Å². The molecule has 1 aromatic heterocycles. The number of hydrogen-bond donors (Lipinski definition) is 1. The molecule has 158 valence electrons. The molecular weight excluding hydrogens is 417 g/mol. The van der Waals surface area contributed by atoms with Gasteiger partial charge < -0.3 is 14.7 Å². The van der Waals surface area contributed by atoms with Crippen LogP contribution in [-0.2, 0) is 16.1 Å². The zero-order chi connectivity index (χ0) is 22.1. The van der Waals surface area contributed by atoms with Crippen molar-refractivity contribution in [3.05, 3.63) is 92.9 Å². The highest BCUT2D eigenvalue weighted by atomic mass is 32.1. The van der Waals surface area contributed by atoms with Gasteiger partial charge in [0, 0.05) is 16.0 Å². The number of thiophene rings is 1. The van der Waals surface area contributed by atoms with Gasteiger partial charge in [0.05, 0.1) is 25.3 Å². The molecule has 2 aromatic carbocycles. The van der Waals surface area contributed by atoms with Crippen molar-refractivity contribution in [3.63, 3.8) is 0 Å².